The molecule has 1 aliphatic heterocycles. The van der Waals surface area contributed by atoms with Crippen molar-refractivity contribution in [1.82, 2.24) is 19.5 Å². The van der Waals surface area contributed by atoms with E-state index in [-0.39, 0.29) is 11.9 Å². The predicted molar refractivity (Wildman–Crippen MR) is 102 cm³/mol. The molecular weight excluding hydrogens is 373 g/mol. The summed E-state index contributed by atoms with van der Waals surface area (Å²) >= 11 is 11.9. The minimum Gasteiger partial charge on any atom is -0.324 e. The number of carbonyl (C=O) groups excluding carboxylic acids is 1. The Labute approximate surface area is 160 Å². The molecule has 4 rings (SSSR count). The smallest absolute Gasteiger partial charge is 0.321 e. The number of hydrogen-bond acceptors (Lipinski definition) is 3. The first-order valence-corrected chi connectivity index (χ1v) is 9.18. The van der Waals surface area contributed by atoms with Crippen LogP contribution in [0, 0.1) is 0 Å². The maximum atomic E-state index is 12.6. The summed E-state index contributed by atoms with van der Waals surface area (Å²) in [6.45, 7) is 1.31. The van der Waals surface area contributed by atoms with Crippen molar-refractivity contribution in [3.63, 3.8) is 0 Å². The van der Waals surface area contributed by atoms with Crippen molar-refractivity contribution < 1.29 is 4.79 Å². The van der Waals surface area contributed by atoms with Gasteiger partial charge in [0.2, 0.25) is 0 Å². The number of benzene rings is 1. The number of pyridine rings is 1. The lowest BCUT2D eigenvalue weighted by atomic mass is 9.97. The Morgan fingerprint density at radius 2 is 2.04 bits per heavy atom. The molecule has 0 aliphatic carbocycles. The molecule has 1 aromatic carbocycles. The average molecular weight is 390 g/mol. The third kappa shape index (κ3) is 3.34. The molecule has 1 atom stereocenters. The number of nitrogens with zero attached hydrogens (tertiary/aromatic N) is 4. The molecule has 1 N–H and O–H groups in total. The maximum absolute atomic E-state index is 12.6. The van der Waals surface area contributed by atoms with Crippen LogP contribution >= 0.6 is 23.2 Å². The second kappa shape index (κ2) is 7.13. The van der Waals surface area contributed by atoms with E-state index in [1.807, 2.05) is 28.8 Å². The van der Waals surface area contributed by atoms with Gasteiger partial charge in [0.05, 0.1) is 10.0 Å². The molecule has 3 heterocycles. The van der Waals surface area contributed by atoms with Gasteiger partial charge in [-0.25, -0.2) is 4.79 Å². The Balaban J connectivity index is 1.49. The largest absolute Gasteiger partial charge is 0.324 e. The third-order valence-corrected chi connectivity index (χ3v) is 5.32. The van der Waals surface area contributed by atoms with E-state index in [0.29, 0.717) is 28.8 Å². The third-order valence-electron chi connectivity index (χ3n) is 4.58. The van der Waals surface area contributed by atoms with Gasteiger partial charge in [0.25, 0.3) is 0 Å². The van der Waals surface area contributed by atoms with E-state index in [1.165, 1.54) is 0 Å². The number of piperidine rings is 1. The molecule has 1 fully saturated rings. The van der Waals surface area contributed by atoms with Crippen molar-refractivity contribution in [2.24, 2.45) is 0 Å². The molecule has 1 unspecified atom stereocenters. The second-order valence-corrected chi connectivity index (χ2v) is 7.15. The summed E-state index contributed by atoms with van der Waals surface area (Å²) in [4.78, 5) is 14.4. The van der Waals surface area contributed by atoms with E-state index in [4.69, 9.17) is 23.2 Å². The molecule has 0 bridgehead atoms. The van der Waals surface area contributed by atoms with Crippen LogP contribution in [0.3, 0.4) is 0 Å². The molecule has 1 saturated heterocycles. The monoisotopic (exact) mass is 389 g/mol. The lowest BCUT2D eigenvalue weighted by Crippen LogP contribution is -2.42. The number of carbonyl (C=O) groups is 1. The van der Waals surface area contributed by atoms with Gasteiger partial charge in [-0.15, -0.1) is 10.2 Å². The van der Waals surface area contributed by atoms with Crippen LogP contribution in [0.2, 0.25) is 10.0 Å². The predicted octanol–water partition coefficient (Wildman–Crippen LogP) is 4.45. The Morgan fingerprint density at radius 1 is 1.15 bits per heavy atom. The van der Waals surface area contributed by atoms with E-state index in [0.717, 1.165) is 24.3 Å². The van der Waals surface area contributed by atoms with Gasteiger partial charge in [-0.3, -0.25) is 4.40 Å². The van der Waals surface area contributed by atoms with Gasteiger partial charge < -0.3 is 10.2 Å². The van der Waals surface area contributed by atoms with Crippen molar-refractivity contribution in [2.45, 2.75) is 18.8 Å². The van der Waals surface area contributed by atoms with Crippen LogP contribution in [0.1, 0.15) is 24.6 Å². The van der Waals surface area contributed by atoms with Gasteiger partial charge in [-0.2, -0.15) is 0 Å². The van der Waals surface area contributed by atoms with Gasteiger partial charge in [-0.1, -0.05) is 29.3 Å². The molecule has 0 radical (unpaired) electrons. The molecular formula is C18H17Cl2N5O. The normalized spacial score (nSPS) is 17.5. The summed E-state index contributed by atoms with van der Waals surface area (Å²) in [5.74, 6) is 1.05. The number of aromatic nitrogens is 3. The number of anilines is 1. The number of halogens is 2. The van der Waals surface area contributed by atoms with E-state index in [9.17, 15) is 4.79 Å². The molecule has 8 heteroatoms. The minimum atomic E-state index is -0.151. The SMILES string of the molecule is O=C(Nc1ccc(Cl)c(Cl)c1)N1CCCC(c2nnc3ccccn23)C1. The van der Waals surface area contributed by atoms with Gasteiger partial charge >= 0.3 is 6.03 Å². The summed E-state index contributed by atoms with van der Waals surface area (Å²) in [6.07, 6.45) is 3.85. The zero-order chi connectivity index (χ0) is 18.1. The first kappa shape index (κ1) is 17.1. The Morgan fingerprint density at radius 3 is 2.88 bits per heavy atom. The Bertz CT molecular complexity index is 958. The highest BCUT2D eigenvalue weighted by Crippen LogP contribution is 2.28. The van der Waals surface area contributed by atoms with Crippen LogP contribution in [0.4, 0.5) is 10.5 Å². The van der Waals surface area contributed by atoms with Crippen LogP contribution in [-0.2, 0) is 0 Å². The summed E-state index contributed by atoms with van der Waals surface area (Å²) < 4.78 is 1.99. The van der Waals surface area contributed by atoms with Gasteiger partial charge in [0.1, 0.15) is 5.82 Å². The molecule has 26 heavy (non-hydrogen) atoms. The lowest BCUT2D eigenvalue weighted by molar-refractivity contribution is 0.191. The molecule has 0 saturated carbocycles. The van der Waals surface area contributed by atoms with Gasteiger partial charge in [0, 0.05) is 30.9 Å². The summed E-state index contributed by atoms with van der Waals surface area (Å²) in [6, 6.07) is 10.7. The highest BCUT2D eigenvalue weighted by Gasteiger charge is 2.28. The number of hydrogen-bond donors (Lipinski definition) is 1. The van der Waals surface area contributed by atoms with Crippen molar-refractivity contribution >= 4 is 40.6 Å². The molecule has 0 spiro atoms. The number of urea groups is 1. The first-order chi connectivity index (χ1) is 12.6. The Kier molecular flexibility index (Phi) is 4.70. The summed E-state index contributed by atoms with van der Waals surface area (Å²) in [5, 5.41) is 12.3. The number of fused-ring (bicyclic) bond motifs is 1. The van der Waals surface area contributed by atoms with E-state index in [1.54, 1.807) is 23.1 Å². The number of likely N-dealkylation sites (tertiary alicyclic amines) is 1. The quantitative estimate of drug-likeness (QED) is 0.703. The number of nitrogens with one attached hydrogen (secondary N) is 1. The molecule has 3 aromatic rings. The van der Waals surface area contributed by atoms with Crippen molar-refractivity contribution in [1.29, 1.82) is 0 Å². The van der Waals surface area contributed by atoms with Gasteiger partial charge in [-0.05, 0) is 43.2 Å². The molecule has 2 amide bonds. The zero-order valence-electron chi connectivity index (χ0n) is 13.9. The van der Waals surface area contributed by atoms with Crippen LogP contribution in [0.25, 0.3) is 5.65 Å². The fraction of sp³-hybridized carbons (Fsp3) is 0.278. The molecule has 134 valence electrons. The number of rotatable bonds is 2. The summed E-state index contributed by atoms with van der Waals surface area (Å²) in [5.41, 5.74) is 1.44. The molecule has 2 aromatic heterocycles. The fourth-order valence-corrected chi connectivity index (χ4v) is 3.59. The van der Waals surface area contributed by atoms with Crippen molar-refractivity contribution in [3.8, 4) is 0 Å². The summed E-state index contributed by atoms with van der Waals surface area (Å²) in [7, 11) is 0. The molecule has 1 aliphatic rings. The lowest BCUT2D eigenvalue weighted by Gasteiger charge is -2.32. The first-order valence-electron chi connectivity index (χ1n) is 8.42. The maximum Gasteiger partial charge on any atom is 0.321 e. The standard InChI is InChI=1S/C18H17Cl2N5O/c19-14-7-6-13(10-15(14)20)21-18(26)24-8-3-4-12(11-24)17-23-22-16-5-1-2-9-25(16)17/h1-2,5-7,9-10,12H,3-4,8,11H2,(H,21,26). The van der Waals surface area contributed by atoms with Crippen molar-refractivity contribution in [3.05, 3.63) is 58.5 Å². The topological polar surface area (TPSA) is 62.5 Å². The number of amides is 2. The van der Waals surface area contributed by atoms with Crippen LogP contribution in [0.15, 0.2) is 42.6 Å². The fourth-order valence-electron chi connectivity index (χ4n) is 3.29. The zero-order valence-corrected chi connectivity index (χ0v) is 15.4. The van der Waals surface area contributed by atoms with Crippen LogP contribution in [0.5, 0.6) is 0 Å². The molecule has 6 nitrogen and oxygen atoms in total. The van der Waals surface area contributed by atoms with E-state index < -0.39 is 0 Å². The van der Waals surface area contributed by atoms with E-state index >= 15 is 0 Å². The Hall–Kier alpha value is -2.31. The second-order valence-electron chi connectivity index (χ2n) is 6.33. The minimum absolute atomic E-state index is 0.151. The average Bonchev–Trinajstić information content (AvgIpc) is 3.09. The highest BCUT2D eigenvalue weighted by atomic mass is 35.5. The van der Waals surface area contributed by atoms with Crippen LogP contribution in [-0.4, -0.2) is 38.6 Å². The highest BCUT2D eigenvalue weighted by molar-refractivity contribution is 6.42. The van der Waals surface area contributed by atoms with Gasteiger partial charge in [0.15, 0.2) is 5.65 Å². The van der Waals surface area contributed by atoms with Crippen molar-refractivity contribution in [2.75, 3.05) is 18.4 Å². The van der Waals surface area contributed by atoms with Crippen LogP contribution < -0.4 is 5.32 Å². The van der Waals surface area contributed by atoms with E-state index in [2.05, 4.69) is 15.5 Å².